The maximum Gasteiger partial charge on any atom is 0.113 e. The van der Waals surface area contributed by atoms with Crippen molar-refractivity contribution in [3.8, 4) is 0 Å². The first-order chi connectivity index (χ1) is 6.79. The average Bonchev–Trinajstić information content (AvgIpc) is 2.65. The lowest BCUT2D eigenvalue weighted by Crippen LogP contribution is -2.04. The lowest BCUT2D eigenvalue weighted by atomic mass is 9.94. The van der Waals surface area contributed by atoms with Crippen LogP contribution in [0.25, 0.3) is 0 Å². The van der Waals surface area contributed by atoms with E-state index in [0.29, 0.717) is 0 Å². The molecule has 1 unspecified atom stereocenters. The molecule has 1 atom stereocenters. The molecule has 1 aliphatic carbocycles. The fourth-order valence-corrected chi connectivity index (χ4v) is 2.44. The fourth-order valence-electron chi connectivity index (χ4n) is 1.77. The van der Waals surface area contributed by atoms with Crippen molar-refractivity contribution in [3.63, 3.8) is 0 Å². The largest absolute Gasteiger partial charge is 0.383 e. The van der Waals surface area contributed by atoms with E-state index in [-0.39, 0.29) is 0 Å². The van der Waals surface area contributed by atoms with Crippen LogP contribution < -0.4 is 0 Å². The third kappa shape index (κ3) is 1.86. The molecule has 1 aliphatic rings. The Balaban J connectivity index is 2.19. The molecule has 4 heteroatoms. The van der Waals surface area contributed by atoms with Crippen LogP contribution in [-0.2, 0) is 0 Å². The van der Waals surface area contributed by atoms with Crippen LogP contribution in [0.2, 0.25) is 0 Å². The second-order valence-corrected chi connectivity index (χ2v) is 4.44. The molecule has 0 spiro atoms. The van der Waals surface area contributed by atoms with Crippen LogP contribution in [0.3, 0.4) is 0 Å². The SMILES string of the molecule is Cc1nnsc1C(O)C1=CCCCC1. The standard InChI is InChI=1S/C10H14N2OS/c1-7-10(14-12-11-7)9(13)8-5-3-2-4-6-8/h5,9,13H,2-4,6H2,1H3. The van der Waals surface area contributed by atoms with E-state index in [1.54, 1.807) is 0 Å². The molecule has 0 fully saturated rings. The summed E-state index contributed by atoms with van der Waals surface area (Å²) < 4.78 is 3.84. The number of hydrogen-bond donors (Lipinski definition) is 1. The third-order valence-electron chi connectivity index (χ3n) is 2.61. The minimum Gasteiger partial charge on any atom is -0.383 e. The van der Waals surface area contributed by atoms with Crippen LogP contribution in [0, 0.1) is 6.92 Å². The van der Waals surface area contributed by atoms with E-state index in [4.69, 9.17) is 0 Å². The van der Waals surface area contributed by atoms with E-state index in [1.165, 1.54) is 24.4 Å². The smallest absolute Gasteiger partial charge is 0.113 e. The molecular formula is C10H14N2OS. The Morgan fingerprint density at radius 1 is 1.50 bits per heavy atom. The van der Waals surface area contributed by atoms with Crippen LogP contribution in [0.15, 0.2) is 11.6 Å². The van der Waals surface area contributed by atoms with Crippen molar-refractivity contribution >= 4 is 11.5 Å². The number of allylic oxidation sites excluding steroid dienone is 1. The zero-order valence-corrected chi connectivity index (χ0v) is 9.05. The Kier molecular flexibility index (Phi) is 2.93. The van der Waals surface area contributed by atoms with Gasteiger partial charge in [0, 0.05) is 0 Å². The molecule has 0 amide bonds. The maximum atomic E-state index is 10.1. The van der Waals surface area contributed by atoms with Crippen molar-refractivity contribution in [2.75, 3.05) is 0 Å². The molecule has 0 saturated carbocycles. The summed E-state index contributed by atoms with van der Waals surface area (Å²) in [5.74, 6) is 0. The molecule has 1 N–H and O–H groups in total. The monoisotopic (exact) mass is 210 g/mol. The van der Waals surface area contributed by atoms with Gasteiger partial charge in [-0.1, -0.05) is 10.6 Å². The van der Waals surface area contributed by atoms with Crippen molar-refractivity contribution in [2.24, 2.45) is 0 Å². The Morgan fingerprint density at radius 2 is 2.36 bits per heavy atom. The summed E-state index contributed by atoms with van der Waals surface area (Å²) in [6, 6.07) is 0. The number of aryl methyl sites for hydroxylation is 1. The zero-order chi connectivity index (χ0) is 9.97. The highest BCUT2D eigenvalue weighted by molar-refractivity contribution is 7.05. The molecule has 14 heavy (non-hydrogen) atoms. The molecule has 0 aliphatic heterocycles. The number of hydrogen-bond acceptors (Lipinski definition) is 4. The normalized spacial score (nSPS) is 19.1. The number of aliphatic hydroxyl groups is 1. The topological polar surface area (TPSA) is 46.0 Å². The van der Waals surface area contributed by atoms with Gasteiger partial charge in [-0.2, -0.15) is 0 Å². The van der Waals surface area contributed by atoms with Gasteiger partial charge < -0.3 is 5.11 Å². The van der Waals surface area contributed by atoms with Gasteiger partial charge in [0.15, 0.2) is 0 Å². The van der Waals surface area contributed by atoms with Crippen LogP contribution in [0.5, 0.6) is 0 Å². The molecule has 3 nitrogen and oxygen atoms in total. The lowest BCUT2D eigenvalue weighted by Gasteiger charge is -2.17. The highest BCUT2D eigenvalue weighted by Gasteiger charge is 2.19. The first-order valence-corrected chi connectivity index (χ1v) is 5.72. The third-order valence-corrected chi connectivity index (χ3v) is 3.49. The number of rotatable bonds is 2. The summed E-state index contributed by atoms with van der Waals surface area (Å²) in [5.41, 5.74) is 2.00. The second-order valence-electron chi connectivity index (χ2n) is 3.65. The highest BCUT2D eigenvalue weighted by atomic mass is 32.1. The van der Waals surface area contributed by atoms with E-state index in [9.17, 15) is 5.11 Å². The van der Waals surface area contributed by atoms with Crippen molar-refractivity contribution in [3.05, 3.63) is 22.2 Å². The summed E-state index contributed by atoms with van der Waals surface area (Å²) in [6.45, 7) is 1.89. The highest BCUT2D eigenvalue weighted by Crippen LogP contribution is 2.32. The van der Waals surface area contributed by atoms with Gasteiger partial charge in [0.25, 0.3) is 0 Å². The second kappa shape index (κ2) is 4.19. The van der Waals surface area contributed by atoms with Gasteiger partial charge in [-0.15, -0.1) is 5.10 Å². The van der Waals surface area contributed by atoms with Gasteiger partial charge in [0.1, 0.15) is 6.10 Å². The quantitative estimate of drug-likeness (QED) is 0.762. The molecule has 0 bridgehead atoms. The molecule has 1 heterocycles. The Bertz CT molecular complexity index is 346. The molecule has 1 aromatic heterocycles. The molecule has 0 aromatic carbocycles. The summed E-state index contributed by atoms with van der Waals surface area (Å²) >= 11 is 1.30. The number of nitrogens with zero attached hydrogens (tertiary/aromatic N) is 2. The average molecular weight is 210 g/mol. The Labute approximate surface area is 87.6 Å². The lowest BCUT2D eigenvalue weighted by molar-refractivity contribution is 0.211. The fraction of sp³-hybridized carbons (Fsp3) is 0.600. The van der Waals surface area contributed by atoms with Gasteiger partial charge in [-0.25, -0.2) is 0 Å². The molecule has 2 rings (SSSR count). The molecular weight excluding hydrogens is 196 g/mol. The number of aromatic nitrogens is 2. The first-order valence-electron chi connectivity index (χ1n) is 4.95. The van der Waals surface area contributed by atoms with Crippen molar-refractivity contribution in [1.82, 2.24) is 9.59 Å². The minimum absolute atomic E-state index is 0.463. The molecule has 1 aromatic rings. The molecule has 0 saturated heterocycles. The molecule has 76 valence electrons. The summed E-state index contributed by atoms with van der Waals surface area (Å²) in [5, 5.41) is 14.0. The summed E-state index contributed by atoms with van der Waals surface area (Å²) in [6.07, 6.45) is 6.24. The van der Waals surface area contributed by atoms with E-state index >= 15 is 0 Å². The van der Waals surface area contributed by atoms with Crippen LogP contribution in [-0.4, -0.2) is 14.7 Å². The Hall–Kier alpha value is -0.740. The van der Waals surface area contributed by atoms with E-state index in [1.807, 2.05) is 6.92 Å². The Morgan fingerprint density at radius 3 is 2.93 bits per heavy atom. The van der Waals surface area contributed by atoms with Gasteiger partial charge in [-0.05, 0) is 49.7 Å². The summed E-state index contributed by atoms with van der Waals surface area (Å²) in [7, 11) is 0. The van der Waals surface area contributed by atoms with Gasteiger partial charge in [0.2, 0.25) is 0 Å². The molecule has 0 radical (unpaired) electrons. The first kappa shape index (κ1) is 9.80. The predicted molar refractivity (Wildman–Crippen MR) is 56.2 cm³/mol. The van der Waals surface area contributed by atoms with Crippen molar-refractivity contribution < 1.29 is 5.11 Å². The predicted octanol–water partition coefficient (Wildman–Crippen LogP) is 2.38. The van der Waals surface area contributed by atoms with Gasteiger partial charge >= 0.3 is 0 Å². The van der Waals surface area contributed by atoms with Gasteiger partial charge in [0.05, 0.1) is 10.6 Å². The van der Waals surface area contributed by atoms with Gasteiger partial charge in [-0.3, -0.25) is 0 Å². The summed E-state index contributed by atoms with van der Waals surface area (Å²) in [4.78, 5) is 0.901. The van der Waals surface area contributed by atoms with Crippen LogP contribution >= 0.6 is 11.5 Å². The van der Waals surface area contributed by atoms with E-state index in [2.05, 4.69) is 15.7 Å². The van der Waals surface area contributed by atoms with Crippen molar-refractivity contribution in [2.45, 2.75) is 38.7 Å². The minimum atomic E-state index is -0.463. The zero-order valence-electron chi connectivity index (χ0n) is 8.23. The van der Waals surface area contributed by atoms with Crippen LogP contribution in [0.1, 0.15) is 42.4 Å². The van der Waals surface area contributed by atoms with Crippen molar-refractivity contribution in [1.29, 1.82) is 0 Å². The number of aliphatic hydroxyl groups excluding tert-OH is 1. The van der Waals surface area contributed by atoms with E-state index < -0.39 is 6.10 Å². The van der Waals surface area contributed by atoms with Crippen LogP contribution in [0.4, 0.5) is 0 Å². The maximum absolute atomic E-state index is 10.1. The van der Waals surface area contributed by atoms with E-state index in [0.717, 1.165) is 29.0 Å².